The maximum atomic E-state index is 12.1. The van der Waals surface area contributed by atoms with Gasteiger partial charge in [-0.25, -0.2) is 0 Å². The highest BCUT2D eigenvalue weighted by atomic mass is 32.2. The number of hydrogen-bond acceptors (Lipinski definition) is 7. The summed E-state index contributed by atoms with van der Waals surface area (Å²) in [7, 11) is 0. The standard InChI is InChI=1S/C16H12N6O2S/c23-13(10-25-16-21-18-12-8-4-5-9-22(12)16)17-15-20-19-14(24-15)11-6-2-1-3-7-11/h1-9H,10H2,(H,17,20,23). The molecule has 0 aliphatic heterocycles. The fourth-order valence-electron chi connectivity index (χ4n) is 2.17. The van der Waals surface area contributed by atoms with E-state index in [1.807, 2.05) is 59.1 Å². The average molecular weight is 352 g/mol. The summed E-state index contributed by atoms with van der Waals surface area (Å²) in [6.07, 6.45) is 1.85. The van der Waals surface area contributed by atoms with Crippen molar-refractivity contribution < 1.29 is 9.21 Å². The predicted molar refractivity (Wildman–Crippen MR) is 92.1 cm³/mol. The molecular weight excluding hydrogens is 340 g/mol. The number of fused-ring (bicyclic) bond motifs is 1. The topological polar surface area (TPSA) is 98.2 Å². The Bertz CT molecular complexity index is 1010. The van der Waals surface area contributed by atoms with Crippen molar-refractivity contribution in [2.24, 2.45) is 0 Å². The molecule has 1 amide bonds. The molecule has 0 fully saturated rings. The van der Waals surface area contributed by atoms with Crippen LogP contribution < -0.4 is 5.32 Å². The quantitative estimate of drug-likeness (QED) is 0.551. The smallest absolute Gasteiger partial charge is 0.322 e. The Hall–Kier alpha value is -3.20. The number of nitrogens with zero attached hydrogens (tertiary/aromatic N) is 5. The summed E-state index contributed by atoms with van der Waals surface area (Å²) in [5, 5.41) is 19.1. The average Bonchev–Trinajstić information content (AvgIpc) is 3.28. The van der Waals surface area contributed by atoms with Gasteiger partial charge in [-0.3, -0.25) is 14.5 Å². The van der Waals surface area contributed by atoms with Crippen LogP contribution in [-0.2, 0) is 4.79 Å². The molecule has 0 bridgehead atoms. The van der Waals surface area contributed by atoms with Crippen LogP contribution in [0.2, 0.25) is 0 Å². The summed E-state index contributed by atoms with van der Waals surface area (Å²) in [4.78, 5) is 12.1. The van der Waals surface area contributed by atoms with E-state index < -0.39 is 0 Å². The highest BCUT2D eigenvalue weighted by molar-refractivity contribution is 7.99. The van der Waals surface area contributed by atoms with Crippen molar-refractivity contribution in [3.8, 4) is 11.5 Å². The zero-order chi connectivity index (χ0) is 17.1. The van der Waals surface area contributed by atoms with E-state index in [1.54, 1.807) is 0 Å². The molecule has 0 unspecified atom stereocenters. The summed E-state index contributed by atoms with van der Waals surface area (Å²) in [5.41, 5.74) is 1.52. The molecule has 0 spiro atoms. The van der Waals surface area contributed by atoms with Crippen LogP contribution in [0.3, 0.4) is 0 Å². The summed E-state index contributed by atoms with van der Waals surface area (Å²) < 4.78 is 7.27. The van der Waals surface area contributed by atoms with Crippen LogP contribution in [0.25, 0.3) is 17.1 Å². The first-order chi connectivity index (χ1) is 12.3. The number of benzene rings is 1. The number of carbonyl (C=O) groups is 1. The van der Waals surface area contributed by atoms with Gasteiger partial charge in [0.1, 0.15) is 0 Å². The van der Waals surface area contributed by atoms with E-state index in [0.717, 1.165) is 11.2 Å². The zero-order valence-corrected chi connectivity index (χ0v) is 13.7. The predicted octanol–water partition coefficient (Wildman–Crippen LogP) is 2.51. The number of thioether (sulfide) groups is 1. The molecule has 0 aliphatic rings. The number of pyridine rings is 1. The molecule has 0 atom stereocenters. The van der Waals surface area contributed by atoms with Gasteiger partial charge in [0.25, 0.3) is 0 Å². The van der Waals surface area contributed by atoms with Gasteiger partial charge in [0.15, 0.2) is 10.8 Å². The van der Waals surface area contributed by atoms with E-state index in [0.29, 0.717) is 11.0 Å². The molecule has 1 aromatic carbocycles. The van der Waals surface area contributed by atoms with Gasteiger partial charge in [-0.05, 0) is 24.3 Å². The van der Waals surface area contributed by atoms with Crippen LogP contribution in [0.4, 0.5) is 6.01 Å². The Balaban J connectivity index is 1.39. The first-order valence-electron chi connectivity index (χ1n) is 7.41. The third kappa shape index (κ3) is 3.36. The monoisotopic (exact) mass is 352 g/mol. The highest BCUT2D eigenvalue weighted by Gasteiger charge is 2.13. The van der Waals surface area contributed by atoms with Gasteiger partial charge in [0.2, 0.25) is 11.8 Å². The molecule has 124 valence electrons. The van der Waals surface area contributed by atoms with E-state index in [4.69, 9.17) is 4.42 Å². The molecule has 1 N–H and O–H groups in total. The van der Waals surface area contributed by atoms with Crippen LogP contribution in [-0.4, -0.2) is 36.5 Å². The van der Waals surface area contributed by atoms with Crippen LogP contribution >= 0.6 is 11.8 Å². The Morgan fingerprint density at radius 1 is 1.04 bits per heavy atom. The largest absolute Gasteiger partial charge is 0.403 e. The van der Waals surface area contributed by atoms with Gasteiger partial charge in [-0.2, -0.15) is 0 Å². The Morgan fingerprint density at radius 3 is 2.76 bits per heavy atom. The number of rotatable bonds is 5. The fraction of sp³-hybridized carbons (Fsp3) is 0.0625. The van der Waals surface area contributed by atoms with Gasteiger partial charge in [0.05, 0.1) is 5.75 Å². The second kappa shape index (κ2) is 6.73. The summed E-state index contributed by atoms with van der Waals surface area (Å²) in [5.74, 6) is 0.242. The van der Waals surface area contributed by atoms with Crippen LogP contribution in [0, 0.1) is 0 Å². The lowest BCUT2D eigenvalue weighted by molar-refractivity contribution is -0.113. The minimum Gasteiger partial charge on any atom is -0.403 e. The molecule has 9 heteroatoms. The van der Waals surface area contributed by atoms with E-state index in [-0.39, 0.29) is 17.7 Å². The normalized spacial score (nSPS) is 10.9. The van der Waals surface area contributed by atoms with Crippen molar-refractivity contribution in [3.63, 3.8) is 0 Å². The molecule has 0 saturated heterocycles. The number of carbonyl (C=O) groups excluding carboxylic acids is 1. The zero-order valence-electron chi connectivity index (χ0n) is 12.9. The number of nitrogens with one attached hydrogen (secondary N) is 1. The molecular formula is C16H12N6O2S. The van der Waals surface area contributed by atoms with Crippen molar-refractivity contribution in [3.05, 3.63) is 54.7 Å². The molecule has 0 radical (unpaired) electrons. The van der Waals surface area contributed by atoms with E-state index in [9.17, 15) is 4.79 Å². The lowest BCUT2D eigenvalue weighted by atomic mass is 10.2. The summed E-state index contributed by atoms with van der Waals surface area (Å²) in [6, 6.07) is 15.0. The second-order valence-electron chi connectivity index (χ2n) is 5.03. The third-order valence-corrected chi connectivity index (χ3v) is 4.25. The highest BCUT2D eigenvalue weighted by Crippen LogP contribution is 2.20. The first-order valence-corrected chi connectivity index (χ1v) is 8.39. The summed E-state index contributed by atoms with van der Waals surface area (Å²) >= 11 is 1.27. The van der Waals surface area contributed by atoms with Gasteiger partial charge >= 0.3 is 6.01 Å². The summed E-state index contributed by atoms with van der Waals surface area (Å²) in [6.45, 7) is 0. The lowest BCUT2D eigenvalue weighted by Gasteiger charge is -2.00. The van der Waals surface area contributed by atoms with Crippen molar-refractivity contribution in [2.45, 2.75) is 5.16 Å². The van der Waals surface area contributed by atoms with Crippen LogP contribution in [0.5, 0.6) is 0 Å². The SMILES string of the molecule is O=C(CSc1nnc2ccccn12)Nc1nnc(-c2ccccc2)o1. The van der Waals surface area contributed by atoms with Crippen LogP contribution in [0.15, 0.2) is 64.3 Å². The minimum absolute atomic E-state index is 0.0653. The first kappa shape index (κ1) is 15.3. The number of hydrogen-bond donors (Lipinski definition) is 1. The molecule has 4 rings (SSSR count). The molecule has 0 saturated carbocycles. The second-order valence-corrected chi connectivity index (χ2v) is 5.97. The maximum absolute atomic E-state index is 12.1. The van der Waals surface area contributed by atoms with Crippen molar-refractivity contribution in [1.29, 1.82) is 0 Å². The Kier molecular flexibility index (Phi) is 4.13. The van der Waals surface area contributed by atoms with Gasteiger partial charge in [0, 0.05) is 11.8 Å². The third-order valence-electron chi connectivity index (χ3n) is 3.31. The Labute approximate surface area is 146 Å². The number of anilines is 1. The number of amides is 1. The molecule has 25 heavy (non-hydrogen) atoms. The van der Waals surface area contributed by atoms with Gasteiger partial charge in [-0.15, -0.1) is 15.3 Å². The molecule has 3 aromatic heterocycles. The Morgan fingerprint density at radius 2 is 1.88 bits per heavy atom. The molecule has 4 aromatic rings. The fourth-order valence-corrected chi connectivity index (χ4v) is 2.90. The van der Waals surface area contributed by atoms with Gasteiger partial charge < -0.3 is 4.42 Å². The van der Waals surface area contributed by atoms with Crippen LogP contribution in [0.1, 0.15) is 0 Å². The minimum atomic E-state index is -0.263. The lowest BCUT2D eigenvalue weighted by Crippen LogP contribution is -2.14. The molecule has 0 aliphatic carbocycles. The molecule has 8 nitrogen and oxygen atoms in total. The van der Waals surface area contributed by atoms with E-state index >= 15 is 0 Å². The van der Waals surface area contributed by atoms with Gasteiger partial charge in [-0.1, -0.05) is 41.1 Å². The van der Waals surface area contributed by atoms with Crippen molar-refractivity contribution >= 4 is 29.3 Å². The number of aromatic nitrogens is 5. The van der Waals surface area contributed by atoms with E-state index in [1.165, 1.54) is 11.8 Å². The molecule has 3 heterocycles. The maximum Gasteiger partial charge on any atom is 0.322 e. The van der Waals surface area contributed by atoms with Crippen molar-refractivity contribution in [2.75, 3.05) is 11.1 Å². The van der Waals surface area contributed by atoms with Crippen molar-refractivity contribution in [1.82, 2.24) is 24.8 Å². The van der Waals surface area contributed by atoms with E-state index in [2.05, 4.69) is 25.7 Å².